The first-order chi connectivity index (χ1) is 4.88. The van der Waals surface area contributed by atoms with Gasteiger partial charge in [0.05, 0.1) is 0 Å². The van der Waals surface area contributed by atoms with E-state index in [0.29, 0.717) is 0 Å². The van der Waals surface area contributed by atoms with E-state index >= 15 is 0 Å². The van der Waals surface area contributed by atoms with Crippen LogP contribution in [0.3, 0.4) is 0 Å². The highest BCUT2D eigenvalue weighted by Gasteiger charge is 2.33. The molecule has 10 heavy (non-hydrogen) atoms. The molecule has 0 N–H and O–H groups in total. The van der Waals surface area contributed by atoms with E-state index in [0.717, 1.165) is 11.8 Å². The number of hydrogen-bond donors (Lipinski definition) is 0. The minimum absolute atomic E-state index is 0.836. The summed E-state index contributed by atoms with van der Waals surface area (Å²) in [5.74, 6) is 1.74. The van der Waals surface area contributed by atoms with Gasteiger partial charge in [0, 0.05) is 12.4 Å². The summed E-state index contributed by atoms with van der Waals surface area (Å²) in [7, 11) is 0. The van der Waals surface area contributed by atoms with Gasteiger partial charge in [0.25, 0.3) is 0 Å². The normalized spacial score (nSPS) is 30.1. The van der Waals surface area contributed by atoms with Crippen molar-refractivity contribution in [3.8, 4) is 0 Å². The third-order valence-corrected chi connectivity index (χ3v) is 2.24. The van der Waals surface area contributed by atoms with E-state index in [1.54, 1.807) is 0 Å². The van der Waals surface area contributed by atoms with E-state index in [1.165, 1.54) is 12.0 Å². The van der Waals surface area contributed by atoms with Crippen LogP contribution in [-0.2, 0) is 0 Å². The molecule has 1 aliphatic carbocycles. The summed E-state index contributed by atoms with van der Waals surface area (Å²) in [5, 5.41) is 0. The number of rotatable bonds is 1. The zero-order chi connectivity index (χ0) is 6.97. The van der Waals surface area contributed by atoms with Gasteiger partial charge in [-0.1, -0.05) is 6.92 Å². The Labute approximate surface area is 61.1 Å². The smallest absolute Gasteiger partial charge is 0.0270 e. The van der Waals surface area contributed by atoms with Crippen molar-refractivity contribution >= 4 is 0 Å². The average molecular weight is 133 g/mol. The maximum atomic E-state index is 3.98. The highest BCUT2D eigenvalue weighted by Crippen LogP contribution is 2.46. The van der Waals surface area contributed by atoms with E-state index in [1.807, 2.05) is 12.4 Å². The second-order valence-corrected chi connectivity index (χ2v) is 3.10. The minimum Gasteiger partial charge on any atom is -0.265 e. The van der Waals surface area contributed by atoms with Gasteiger partial charge in [-0.3, -0.25) is 4.98 Å². The topological polar surface area (TPSA) is 12.9 Å². The van der Waals surface area contributed by atoms with E-state index in [9.17, 15) is 0 Å². The van der Waals surface area contributed by atoms with Gasteiger partial charge in [-0.2, -0.15) is 0 Å². The Hall–Kier alpha value is -0.850. The lowest BCUT2D eigenvalue weighted by molar-refractivity contribution is 0.912. The number of nitrogens with zero attached hydrogens (tertiary/aromatic N) is 1. The lowest BCUT2D eigenvalue weighted by Crippen LogP contribution is -1.79. The van der Waals surface area contributed by atoms with Gasteiger partial charge < -0.3 is 0 Å². The van der Waals surface area contributed by atoms with Crippen molar-refractivity contribution < 1.29 is 0 Å². The average Bonchev–Trinajstić information content (AvgIpc) is 2.69. The van der Waals surface area contributed by atoms with Crippen LogP contribution in [0.15, 0.2) is 24.5 Å². The number of pyridine rings is 1. The molecule has 0 amide bonds. The Balaban J connectivity index is 2.20. The van der Waals surface area contributed by atoms with E-state index < -0.39 is 0 Å². The molecule has 1 saturated carbocycles. The quantitative estimate of drug-likeness (QED) is 0.572. The molecule has 0 aromatic carbocycles. The monoisotopic (exact) mass is 133 g/mol. The molecule has 0 unspecified atom stereocenters. The van der Waals surface area contributed by atoms with Gasteiger partial charge in [0.2, 0.25) is 0 Å². The first kappa shape index (κ1) is 5.90. The number of aromatic nitrogens is 1. The van der Waals surface area contributed by atoms with Crippen molar-refractivity contribution in [1.29, 1.82) is 0 Å². The minimum atomic E-state index is 0.836. The summed E-state index contributed by atoms with van der Waals surface area (Å²) < 4.78 is 0. The van der Waals surface area contributed by atoms with Crippen molar-refractivity contribution in [3.05, 3.63) is 30.1 Å². The molecule has 2 rings (SSSR count). The van der Waals surface area contributed by atoms with E-state index in [2.05, 4.69) is 24.0 Å². The second kappa shape index (κ2) is 2.08. The van der Waals surface area contributed by atoms with Crippen molar-refractivity contribution in [2.75, 3.05) is 0 Å². The SMILES string of the molecule is C[C@H]1C[C@H]1c1ccncc1. The number of hydrogen-bond acceptors (Lipinski definition) is 1. The fourth-order valence-electron chi connectivity index (χ4n) is 1.40. The Morgan fingerprint density at radius 3 is 2.50 bits per heavy atom. The van der Waals surface area contributed by atoms with Crippen molar-refractivity contribution in [2.24, 2.45) is 5.92 Å². The zero-order valence-electron chi connectivity index (χ0n) is 6.12. The molecule has 0 bridgehead atoms. The molecular weight excluding hydrogens is 122 g/mol. The summed E-state index contributed by atoms with van der Waals surface area (Å²) in [6.07, 6.45) is 5.12. The first-order valence-electron chi connectivity index (χ1n) is 3.78. The molecule has 52 valence electrons. The van der Waals surface area contributed by atoms with E-state index in [4.69, 9.17) is 0 Å². The maximum Gasteiger partial charge on any atom is 0.0270 e. The van der Waals surface area contributed by atoms with E-state index in [-0.39, 0.29) is 0 Å². The fraction of sp³-hybridized carbons (Fsp3) is 0.444. The summed E-state index contributed by atoms with van der Waals surface area (Å²) in [6, 6.07) is 4.24. The van der Waals surface area contributed by atoms with Gasteiger partial charge >= 0.3 is 0 Å². The van der Waals surface area contributed by atoms with Crippen LogP contribution in [0.25, 0.3) is 0 Å². The lowest BCUT2D eigenvalue weighted by atomic mass is 10.1. The molecule has 1 aromatic heterocycles. The van der Waals surface area contributed by atoms with Crippen LogP contribution >= 0.6 is 0 Å². The summed E-state index contributed by atoms with van der Waals surface area (Å²) in [4.78, 5) is 3.98. The van der Waals surface area contributed by atoms with Gasteiger partial charge in [-0.05, 0) is 36.0 Å². The van der Waals surface area contributed by atoms with Crippen LogP contribution in [-0.4, -0.2) is 4.98 Å². The van der Waals surface area contributed by atoms with Gasteiger partial charge in [-0.25, -0.2) is 0 Å². The van der Waals surface area contributed by atoms with Crippen molar-refractivity contribution in [3.63, 3.8) is 0 Å². The fourth-order valence-corrected chi connectivity index (χ4v) is 1.40. The Morgan fingerprint density at radius 1 is 1.40 bits per heavy atom. The molecule has 0 saturated heterocycles. The predicted molar refractivity (Wildman–Crippen MR) is 40.8 cm³/mol. The lowest BCUT2D eigenvalue weighted by Gasteiger charge is -1.93. The molecule has 0 aliphatic heterocycles. The largest absolute Gasteiger partial charge is 0.265 e. The zero-order valence-corrected chi connectivity index (χ0v) is 6.12. The summed E-state index contributed by atoms with van der Waals surface area (Å²) in [5.41, 5.74) is 1.46. The molecule has 2 atom stereocenters. The molecule has 1 aromatic rings. The van der Waals surface area contributed by atoms with Gasteiger partial charge in [0.1, 0.15) is 0 Å². The van der Waals surface area contributed by atoms with Gasteiger partial charge in [0.15, 0.2) is 0 Å². The molecular formula is C9H11N. The second-order valence-electron chi connectivity index (χ2n) is 3.10. The molecule has 0 spiro atoms. The third-order valence-electron chi connectivity index (χ3n) is 2.24. The van der Waals surface area contributed by atoms with Crippen molar-refractivity contribution in [2.45, 2.75) is 19.3 Å². The highest BCUT2D eigenvalue weighted by molar-refractivity contribution is 5.22. The Morgan fingerprint density at radius 2 is 2.00 bits per heavy atom. The first-order valence-corrected chi connectivity index (χ1v) is 3.78. The molecule has 1 nitrogen and oxygen atoms in total. The van der Waals surface area contributed by atoms with Crippen molar-refractivity contribution in [1.82, 2.24) is 4.98 Å². The van der Waals surface area contributed by atoms with Crippen LogP contribution in [0.4, 0.5) is 0 Å². The molecule has 0 radical (unpaired) electrons. The van der Waals surface area contributed by atoms with Crippen LogP contribution in [0.2, 0.25) is 0 Å². The van der Waals surface area contributed by atoms with Crippen LogP contribution in [0.1, 0.15) is 24.8 Å². The third kappa shape index (κ3) is 0.919. The van der Waals surface area contributed by atoms with Crippen LogP contribution in [0.5, 0.6) is 0 Å². The summed E-state index contributed by atoms with van der Waals surface area (Å²) in [6.45, 7) is 2.30. The standard InChI is InChI=1S/C9H11N/c1-7-6-9(7)8-2-4-10-5-3-8/h2-5,7,9H,6H2,1H3/t7-,9+/m0/s1. The maximum absolute atomic E-state index is 3.98. The molecule has 1 heterocycles. The Bertz CT molecular complexity index is 217. The van der Waals surface area contributed by atoms with Gasteiger partial charge in [-0.15, -0.1) is 0 Å². The molecule has 1 heteroatoms. The predicted octanol–water partition coefficient (Wildman–Crippen LogP) is 2.21. The molecule has 1 aliphatic rings. The summed E-state index contributed by atoms with van der Waals surface area (Å²) >= 11 is 0. The molecule has 1 fully saturated rings. The van der Waals surface area contributed by atoms with Crippen LogP contribution < -0.4 is 0 Å². The Kier molecular flexibility index (Phi) is 1.23. The highest BCUT2D eigenvalue weighted by atomic mass is 14.6. The van der Waals surface area contributed by atoms with Crippen LogP contribution in [0, 0.1) is 5.92 Å².